The van der Waals surface area contributed by atoms with Crippen molar-refractivity contribution in [1.29, 1.82) is 0 Å². The molecule has 1 aromatic carbocycles. The highest BCUT2D eigenvalue weighted by atomic mass is 32.2. The van der Waals surface area contributed by atoms with Crippen molar-refractivity contribution < 1.29 is 18.3 Å². The maximum Gasteiger partial charge on any atom is 0.303 e. The fourth-order valence-corrected chi connectivity index (χ4v) is 6.08. The summed E-state index contributed by atoms with van der Waals surface area (Å²) in [6, 6.07) is 7.76. The minimum absolute atomic E-state index is 0.0196. The number of rotatable bonds is 10. The summed E-state index contributed by atoms with van der Waals surface area (Å²) in [5, 5.41) is 10.0. The first-order chi connectivity index (χ1) is 14.3. The average molecular weight is 432 g/mol. The molecule has 0 spiro atoms. The number of sulfonamides is 1. The van der Waals surface area contributed by atoms with Crippen molar-refractivity contribution in [2.24, 2.45) is 17.8 Å². The van der Waals surface area contributed by atoms with Crippen LogP contribution in [0.3, 0.4) is 0 Å². The molecule has 5 nitrogen and oxygen atoms in total. The van der Waals surface area contributed by atoms with Crippen LogP contribution in [0.4, 0.5) is 0 Å². The molecule has 0 aromatic heterocycles. The van der Waals surface area contributed by atoms with Gasteiger partial charge in [-0.1, -0.05) is 42.0 Å². The van der Waals surface area contributed by atoms with Gasteiger partial charge in [0.25, 0.3) is 0 Å². The molecule has 2 N–H and O–H groups in total. The molecule has 3 saturated carbocycles. The number of hydrogen-bond donors (Lipinski definition) is 2. The van der Waals surface area contributed by atoms with E-state index < -0.39 is 16.0 Å². The van der Waals surface area contributed by atoms with Crippen LogP contribution in [0.2, 0.25) is 0 Å². The highest BCUT2D eigenvalue weighted by Gasteiger charge is 2.44. The minimum atomic E-state index is -3.51. The van der Waals surface area contributed by atoms with Crippen molar-refractivity contribution in [3.8, 4) is 0 Å². The van der Waals surface area contributed by atoms with Crippen molar-refractivity contribution >= 4 is 22.1 Å². The normalized spacial score (nSPS) is 26.6. The predicted molar refractivity (Wildman–Crippen MR) is 120 cm³/mol. The number of aryl methyl sites for hydroxylation is 1. The molecule has 2 unspecified atom stereocenters. The van der Waals surface area contributed by atoms with Crippen LogP contribution in [0.25, 0.3) is 6.08 Å². The zero-order valence-corrected chi connectivity index (χ0v) is 18.5. The second-order valence-electron chi connectivity index (χ2n) is 8.73. The number of hydrogen-bond acceptors (Lipinski definition) is 3. The van der Waals surface area contributed by atoms with E-state index in [1.165, 1.54) is 18.2 Å². The van der Waals surface area contributed by atoms with Crippen LogP contribution in [0.1, 0.15) is 62.5 Å². The second-order valence-corrected chi connectivity index (χ2v) is 10.3. The van der Waals surface area contributed by atoms with Crippen LogP contribution < -0.4 is 4.72 Å². The van der Waals surface area contributed by atoms with Crippen LogP contribution in [0.15, 0.2) is 41.8 Å². The number of carbonyl (C=O) groups is 1. The number of unbranched alkanes of at least 4 members (excludes halogenated alkanes) is 1. The third-order valence-electron chi connectivity index (χ3n) is 6.54. The lowest BCUT2D eigenvalue weighted by atomic mass is 9.61. The molecule has 0 amide bonds. The van der Waals surface area contributed by atoms with E-state index in [0.717, 1.165) is 36.8 Å². The molecule has 0 saturated heterocycles. The van der Waals surface area contributed by atoms with Crippen molar-refractivity contribution in [3.05, 3.63) is 53.0 Å². The molecule has 2 bridgehead atoms. The molecular formula is C24H33NO4S. The topological polar surface area (TPSA) is 83.5 Å². The summed E-state index contributed by atoms with van der Waals surface area (Å²) in [5.74, 6) is 0.521. The zero-order chi connectivity index (χ0) is 21.6. The van der Waals surface area contributed by atoms with Crippen LogP contribution in [-0.4, -0.2) is 25.5 Å². The molecule has 3 aliphatic carbocycles. The lowest BCUT2D eigenvalue weighted by molar-refractivity contribution is -0.137. The SMILES string of the molecule is Cc1ccc(C=CS(=O)(=O)NC2C3CCC(CC3)C2CC=CCCCC(=O)O)cc1. The summed E-state index contributed by atoms with van der Waals surface area (Å²) in [4.78, 5) is 10.6. The molecule has 6 heteroatoms. The Morgan fingerprint density at radius 2 is 1.77 bits per heavy atom. The van der Waals surface area contributed by atoms with Gasteiger partial charge in [-0.05, 0) is 81.3 Å². The van der Waals surface area contributed by atoms with Crippen molar-refractivity contribution in [3.63, 3.8) is 0 Å². The molecule has 30 heavy (non-hydrogen) atoms. The van der Waals surface area contributed by atoms with Gasteiger partial charge < -0.3 is 5.11 Å². The van der Waals surface area contributed by atoms with E-state index in [4.69, 9.17) is 5.11 Å². The second kappa shape index (κ2) is 10.4. The quantitative estimate of drug-likeness (QED) is 0.408. The molecule has 3 aliphatic rings. The van der Waals surface area contributed by atoms with Gasteiger partial charge in [-0.15, -0.1) is 0 Å². The standard InChI is InChI=1S/C24H33NO4S/c1-18-8-10-19(11-9-18)16-17-30(28,29)25-24-21-14-12-20(13-15-21)22(24)6-4-2-3-5-7-23(26)27/h2,4,8-11,16-17,20-22,24-25H,3,5-7,12-15H2,1H3,(H,26,27). The predicted octanol–water partition coefficient (Wildman–Crippen LogP) is 4.89. The van der Waals surface area contributed by atoms with Gasteiger partial charge in [-0.2, -0.15) is 0 Å². The average Bonchev–Trinajstić information content (AvgIpc) is 2.71. The fraction of sp³-hybridized carbons (Fsp3) is 0.542. The molecule has 4 rings (SSSR count). The van der Waals surface area contributed by atoms with E-state index in [1.807, 2.05) is 37.3 Å². The largest absolute Gasteiger partial charge is 0.481 e. The van der Waals surface area contributed by atoms with Crippen LogP contribution >= 0.6 is 0 Å². The zero-order valence-electron chi connectivity index (χ0n) is 17.7. The maximum atomic E-state index is 12.8. The lowest BCUT2D eigenvalue weighted by Gasteiger charge is -2.48. The molecule has 0 aliphatic heterocycles. The summed E-state index contributed by atoms with van der Waals surface area (Å²) in [6.07, 6.45) is 12.8. The smallest absolute Gasteiger partial charge is 0.303 e. The number of carboxylic acids is 1. The maximum absolute atomic E-state index is 12.8. The molecular weight excluding hydrogens is 398 g/mol. The van der Waals surface area contributed by atoms with E-state index in [-0.39, 0.29) is 12.5 Å². The first kappa shape index (κ1) is 22.8. The summed E-state index contributed by atoms with van der Waals surface area (Å²) < 4.78 is 28.5. The van der Waals surface area contributed by atoms with Gasteiger partial charge >= 0.3 is 5.97 Å². The first-order valence-corrected chi connectivity index (χ1v) is 12.5. The molecule has 0 radical (unpaired) electrons. The molecule has 3 fully saturated rings. The summed E-state index contributed by atoms with van der Waals surface area (Å²) >= 11 is 0. The van der Waals surface area contributed by atoms with Gasteiger partial charge in [0.15, 0.2) is 0 Å². The Morgan fingerprint density at radius 1 is 1.10 bits per heavy atom. The van der Waals surface area contributed by atoms with Gasteiger partial charge in [0.05, 0.1) is 0 Å². The third-order valence-corrected chi connectivity index (χ3v) is 7.64. The van der Waals surface area contributed by atoms with E-state index in [9.17, 15) is 13.2 Å². The Bertz CT molecular complexity index is 865. The molecule has 2 atom stereocenters. The molecule has 0 heterocycles. The minimum Gasteiger partial charge on any atom is -0.481 e. The number of nitrogens with one attached hydrogen (secondary N) is 1. The van der Waals surface area contributed by atoms with E-state index in [1.54, 1.807) is 6.08 Å². The number of benzene rings is 1. The van der Waals surface area contributed by atoms with Gasteiger partial charge in [0.2, 0.25) is 10.0 Å². The van der Waals surface area contributed by atoms with Crippen LogP contribution in [-0.2, 0) is 14.8 Å². The van der Waals surface area contributed by atoms with Crippen LogP contribution in [0.5, 0.6) is 0 Å². The summed E-state index contributed by atoms with van der Waals surface area (Å²) in [6.45, 7) is 2.00. The fourth-order valence-electron chi connectivity index (χ4n) is 4.91. The first-order valence-electron chi connectivity index (χ1n) is 11.0. The Morgan fingerprint density at radius 3 is 2.43 bits per heavy atom. The Labute approximate surface area is 180 Å². The Balaban J connectivity index is 1.61. The van der Waals surface area contributed by atoms with Gasteiger partial charge in [-0.3, -0.25) is 4.79 Å². The summed E-state index contributed by atoms with van der Waals surface area (Å²) in [5.41, 5.74) is 2.02. The number of fused-ring (bicyclic) bond motifs is 3. The summed E-state index contributed by atoms with van der Waals surface area (Å²) in [7, 11) is -3.51. The van der Waals surface area contributed by atoms with Gasteiger partial charge in [0.1, 0.15) is 0 Å². The van der Waals surface area contributed by atoms with E-state index in [2.05, 4.69) is 10.8 Å². The molecule has 1 aromatic rings. The Hall–Kier alpha value is -1.92. The van der Waals surface area contributed by atoms with Gasteiger partial charge in [0, 0.05) is 17.9 Å². The highest BCUT2D eigenvalue weighted by molar-refractivity contribution is 7.92. The third kappa shape index (κ3) is 6.54. The monoisotopic (exact) mass is 431 g/mol. The van der Waals surface area contributed by atoms with Crippen LogP contribution in [0, 0.1) is 24.7 Å². The Kier molecular flexibility index (Phi) is 7.89. The van der Waals surface area contributed by atoms with E-state index in [0.29, 0.717) is 24.2 Å². The highest BCUT2D eigenvalue weighted by Crippen LogP contribution is 2.46. The van der Waals surface area contributed by atoms with E-state index >= 15 is 0 Å². The lowest BCUT2D eigenvalue weighted by Crippen LogP contribution is -2.52. The molecule has 164 valence electrons. The van der Waals surface area contributed by atoms with Gasteiger partial charge in [-0.25, -0.2) is 13.1 Å². The number of carboxylic acid groups (broad SMARTS) is 1. The number of aliphatic carboxylic acids is 1. The van der Waals surface area contributed by atoms with Crippen molar-refractivity contribution in [2.45, 2.75) is 64.3 Å². The number of allylic oxidation sites excluding steroid dienone is 2. The van der Waals surface area contributed by atoms with Crippen molar-refractivity contribution in [2.75, 3.05) is 0 Å². The van der Waals surface area contributed by atoms with Crippen molar-refractivity contribution in [1.82, 2.24) is 4.72 Å².